The lowest BCUT2D eigenvalue weighted by Crippen LogP contribution is -2.36. The Morgan fingerprint density at radius 2 is 1.80 bits per heavy atom. The van der Waals surface area contributed by atoms with Crippen LogP contribution >= 0.6 is 0 Å². The molecule has 114 valence electrons. The van der Waals surface area contributed by atoms with Crippen molar-refractivity contribution in [3.05, 3.63) is 29.6 Å². The maximum absolute atomic E-state index is 13.5. The third-order valence-electron chi connectivity index (χ3n) is 3.72. The van der Waals surface area contributed by atoms with Crippen LogP contribution in [0.1, 0.15) is 53.0 Å². The maximum Gasteiger partial charge on any atom is 0.123 e. The highest BCUT2D eigenvalue weighted by Crippen LogP contribution is 2.25. The van der Waals surface area contributed by atoms with Crippen molar-refractivity contribution in [2.75, 3.05) is 11.9 Å². The number of halogens is 1. The van der Waals surface area contributed by atoms with Crippen LogP contribution in [0.5, 0.6) is 0 Å². The summed E-state index contributed by atoms with van der Waals surface area (Å²) in [4.78, 5) is 2.28. The smallest absolute Gasteiger partial charge is 0.123 e. The van der Waals surface area contributed by atoms with E-state index in [2.05, 4.69) is 51.9 Å². The normalized spacial score (nSPS) is 12.0. The molecule has 0 unspecified atom stereocenters. The fourth-order valence-electron chi connectivity index (χ4n) is 2.43. The summed E-state index contributed by atoms with van der Waals surface area (Å²) in [7, 11) is 2.10. The maximum atomic E-state index is 13.5. The number of hydrogen-bond donors (Lipinski definition) is 1. The predicted octanol–water partition coefficient (Wildman–Crippen LogP) is 4.34. The highest BCUT2D eigenvalue weighted by molar-refractivity contribution is 5.54. The molecule has 0 heterocycles. The quantitative estimate of drug-likeness (QED) is 0.834. The summed E-state index contributed by atoms with van der Waals surface area (Å²) in [6.07, 6.45) is 2.19. The van der Waals surface area contributed by atoms with Crippen molar-refractivity contribution >= 4 is 5.69 Å². The predicted molar refractivity (Wildman–Crippen MR) is 85.8 cm³/mol. The van der Waals surface area contributed by atoms with E-state index >= 15 is 0 Å². The molecule has 0 saturated heterocycles. The van der Waals surface area contributed by atoms with E-state index < -0.39 is 0 Å². The number of nitrogens with zero attached hydrogens (tertiary/aromatic N) is 1. The topological polar surface area (TPSA) is 15.3 Å². The van der Waals surface area contributed by atoms with Crippen molar-refractivity contribution in [3.8, 4) is 0 Å². The van der Waals surface area contributed by atoms with E-state index in [9.17, 15) is 4.39 Å². The minimum atomic E-state index is -0.169. The fraction of sp³-hybridized carbons (Fsp3) is 0.647. The molecule has 0 aliphatic carbocycles. The van der Waals surface area contributed by atoms with Crippen molar-refractivity contribution < 1.29 is 4.39 Å². The van der Waals surface area contributed by atoms with Gasteiger partial charge in [-0.05, 0) is 57.4 Å². The molecule has 1 N–H and O–H groups in total. The van der Waals surface area contributed by atoms with Crippen molar-refractivity contribution in [3.63, 3.8) is 0 Å². The van der Waals surface area contributed by atoms with Crippen LogP contribution < -0.4 is 10.2 Å². The van der Waals surface area contributed by atoms with Crippen LogP contribution in [-0.4, -0.2) is 18.6 Å². The van der Waals surface area contributed by atoms with E-state index in [0.29, 0.717) is 12.6 Å². The molecule has 1 rings (SSSR count). The average molecular weight is 280 g/mol. The Hall–Kier alpha value is -1.09. The van der Waals surface area contributed by atoms with Gasteiger partial charge in [-0.2, -0.15) is 0 Å². The van der Waals surface area contributed by atoms with Crippen LogP contribution in [0, 0.1) is 5.82 Å². The Labute approximate surface area is 123 Å². The van der Waals surface area contributed by atoms with Gasteiger partial charge in [0.2, 0.25) is 0 Å². The first kappa shape index (κ1) is 17.0. The second-order valence-electron chi connectivity index (χ2n) is 6.46. The average Bonchev–Trinajstić information content (AvgIpc) is 2.37. The summed E-state index contributed by atoms with van der Waals surface area (Å²) < 4.78 is 13.5. The van der Waals surface area contributed by atoms with E-state index in [1.54, 1.807) is 12.1 Å². The molecule has 0 saturated carbocycles. The third-order valence-corrected chi connectivity index (χ3v) is 3.72. The van der Waals surface area contributed by atoms with Crippen LogP contribution in [0.15, 0.2) is 18.2 Å². The summed E-state index contributed by atoms with van der Waals surface area (Å²) in [5.41, 5.74) is 2.17. The minimum Gasteiger partial charge on any atom is -0.371 e. The molecule has 0 aliphatic heterocycles. The van der Waals surface area contributed by atoms with Crippen LogP contribution in [0.3, 0.4) is 0 Å². The zero-order valence-electron chi connectivity index (χ0n) is 13.8. The molecule has 0 bridgehead atoms. The van der Waals surface area contributed by atoms with Gasteiger partial charge in [-0.25, -0.2) is 4.39 Å². The molecule has 0 spiro atoms. The SMILES string of the molecule is CCC(CC)N(C)c1ccc(F)cc1CNC(C)(C)C. The van der Waals surface area contributed by atoms with Gasteiger partial charge in [0.15, 0.2) is 0 Å². The van der Waals surface area contributed by atoms with Gasteiger partial charge in [-0.15, -0.1) is 0 Å². The molecule has 0 aliphatic rings. The van der Waals surface area contributed by atoms with Crippen molar-refractivity contribution in [1.82, 2.24) is 5.32 Å². The number of benzene rings is 1. The number of nitrogens with one attached hydrogen (secondary N) is 1. The van der Waals surface area contributed by atoms with Gasteiger partial charge in [-0.3, -0.25) is 0 Å². The first-order chi connectivity index (χ1) is 9.28. The van der Waals surface area contributed by atoms with E-state index in [4.69, 9.17) is 0 Å². The van der Waals surface area contributed by atoms with E-state index in [1.165, 1.54) is 0 Å². The molecule has 2 nitrogen and oxygen atoms in total. The van der Waals surface area contributed by atoms with Crippen molar-refractivity contribution in [1.29, 1.82) is 0 Å². The second kappa shape index (κ2) is 7.07. The van der Waals surface area contributed by atoms with Gasteiger partial charge in [0, 0.05) is 30.9 Å². The largest absolute Gasteiger partial charge is 0.371 e. The standard InChI is InChI=1S/C17H29FN2/c1-7-15(8-2)20(6)16-10-9-14(18)11-13(16)12-19-17(3,4)5/h9-11,15,19H,7-8,12H2,1-6H3. The highest BCUT2D eigenvalue weighted by Gasteiger charge is 2.16. The Balaban J connectivity index is 3.00. The van der Waals surface area contributed by atoms with Gasteiger partial charge in [0.25, 0.3) is 0 Å². The molecular formula is C17H29FN2. The van der Waals surface area contributed by atoms with Gasteiger partial charge in [0.1, 0.15) is 5.82 Å². The molecule has 3 heteroatoms. The summed E-state index contributed by atoms with van der Waals surface area (Å²) >= 11 is 0. The molecule has 0 radical (unpaired) electrons. The van der Waals surface area contributed by atoms with Gasteiger partial charge < -0.3 is 10.2 Å². The first-order valence-electron chi connectivity index (χ1n) is 7.54. The molecule has 0 fully saturated rings. The van der Waals surface area contributed by atoms with Crippen LogP contribution in [-0.2, 0) is 6.54 Å². The Kier molecular flexibility index (Phi) is 6.00. The molecule has 20 heavy (non-hydrogen) atoms. The zero-order valence-corrected chi connectivity index (χ0v) is 13.8. The monoisotopic (exact) mass is 280 g/mol. The summed E-state index contributed by atoms with van der Waals surface area (Å²) in [6, 6.07) is 5.59. The summed E-state index contributed by atoms with van der Waals surface area (Å²) in [5.74, 6) is -0.169. The Morgan fingerprint density at radius 3 is 2.30 bits per heavy atom. The number of hydrogen-bond acceptors (Lipinski definition) is 2. The zero-order chi connectivity index (χ0) is 15.3. The number of anilines is 1. The van der Waals surface area contributed by atoms with Gasteiger partial charge in [-0.1, -0.05) is 13.8 Å². The molecule has 0 atom stereocenters. The highest BCUT2D eigenvalue weighted by atomic mass is 19.1. The summed E-state index contributed by atoms with van der Waals surface area (Å²) in [6.45, 7) is 11.4. The molecule has 0 aromatic heterocycles. The van der Waals surface area contributed by atoms with Gasteiger partial charge in [0.05, 0.1) is 0 Å². The van der Waals surface area contributed by atoms with Crippen LogP contribution in [0.25, 0.3) is 0 Å². The number of rotatable bonds is 6. The first-order valence-corrected chi connectivity index (χ1v) is 7.54. The lowest BCUT2D eigenvalue weighted by atomic mass is 10.0. The molecule has 1 aromatic rings. The molecule has 0 amide bonds. The molecule has 1 aromatic carbocycles. The fourth-order valence-corrected chi connectivity index (χ4v) is 2.43. The van der Waals surface area contributed by atoms with Crippen molar-refractivity contribution in [2.24, 2.45) is 0 Å². The van der Waals surface area contributed by atoms with Gasteiger partial charge >= 0.3 is 0 Å². The van der Waals surface area contributed by atoms with E-state index in [-0.39, 0.29) is 11.4 Å². The Morgan fingerprint density at radius 1 is 1.20 bits per heavy atom. The lowest BCUT2D eigenvalue weighted by Gasteiger charge is -2.31. The molecular weight excluding hydrogens is 251 g/mol. The van der Waals surface area contributed by atoms with Crippen molar-refractivity contribution in [2.45, 2.75) is 65.6 Å². The lowest BCUT2D eigenvalue weighted by molar-refractivity contribution is 0.423. The Bertz CT molecular complexity index is 419. The third kappa shape index (κ3) is 4.78. The van der Waals surface area contributed by atoms with E-state index in [0.717, 1.165) is 24.1 Å². The second-order valence-corrected chi connectivity index (χ2v) is 6.46. The summed E-state index contributed by atoms with van der Waals surface area (Å²) in [5, 5.41) is 3.44. The minimum absolute atomic E-state index is 0.0249. The van der Waals surface area contributed by atoms with Crippen LogP contribution in [0.2, 0.25) is 0 Å². The van der Waals surface area contributed by atoms with Crippen LogP contribution in [0.4, 0.5) is 10.1 Å². The van der Waals surface area contributed by atoms with E-state index in [1.807, 2.05) is 6.07 Å².